The van der Waals surface area contributed by atoms with Crippen LogP contribution in [0.4, 0.5) is 10.5 Å². The molecule has 1 fully saturated rings. The number of anilines is 1. The van der Waals surface area contributed by atoms with Crippen molar-refractivity contribution in [1.29, 1.82) is 0 Å². The van der Waals surface area contributed by atoms with Gasteiger partial charge in [0.05, 0.1) is 23.3 Å². The highest BCUT2D eigenvalue weighted by atomic mass is 16.7. The second-order valence-electron chi connectivity index (χ2n) is 16.3. The van der Waals surface area contributed by atoms with Crippen LogP contribution in [0.15, 0.2) is 30.4 Å². The maximum atomic E-state index is 13.5. The van der Waals surface area contributed by atoms with Crippen molar-refractivity contribution in [2.45, 2.75) is 115 Å². The Hall–Kier alpha value is -5.46. The minimum absolute atomic E-state index is 0.0347. The first-order valence-electron chi connectivity index (χ1n) is 19.9. The molecule has 2 heterocycles. The molecule has 0 spiro atoms. The first kappa shape index (κ1) is 50.9. The number of aliphatic hydroxyl groups excluding tert-OH is 3. The highest BCUT2D eigenvalue weighted by Crippen LogP contribution is 2.31. The van der Waals surface area contributed by atoms with Gasteiger partial charge in [-0.2, -0.15) is 0 Å². The van der Waals surface area contributed by atoms with E-state index in [1.807, 2.05) is 20.8 Å². The first-order valence-corrected chi connectivity index (χ1v) is 19.9. The van der Waals surface area contributed by atoms with E-state index in [-0.39, 0.29) is 56.5 Å². The zero-order valence-corrected chi connectivity index (χ0v) is 35.5. The Bertz CT molecular complexity index is 1840. The number of nitrogens with two attached hydrogens (primary N) is 1. The number of carboxylic acids is 1. The predicted octanol–water partition coefficient (Wildman–Crippen LogP) is -2.46. The van der Waals surface area contributed by atoms with Crippen molar-refractivity contribution in [2.24, 2.45) is 11.1 Å². The van der Waals surface area contributed by atoms with Gasteiger partial charge >= 0.3 is 5.97 Å². The Morgan fingerprint density at radius 1 is 0.919 bits per heavy atom. The van der Waals surface area contributed by atoms with E-state index >= 15 is 0 Å². The molecule has 1 aromatic carbocycles. The van der Waals surface area contributed by atoms with Crippen LogP contribution in [0, 0.1) is 5.41 Å². The number of hydrogen-bond acceptors (Lipinski definition) is 16. The molecule has 0 aromatic heterocycles. The molecule has 6 amide bonds. The average Bonchev–Trinajstić information content (AvgIpc) is 3.52. The Morgan fingerprint density at radius 2 is 1.58 bits per heavy atom. The largest absolute Gasteiger partial charge is 0.479 e. The molecule has 3 rings (SSSR count). The molecule has 22 nitrogen and oxygen atoms in total. The lowest BCUT2D eigenvalue weighted by Crippen LogP contribution is -2.61. The van der Waals surface area contributed by atoms with Crippen LogP contribution < -0.4 is 31.7 Å². The fraction of sp³-hybridized carbons (Fsp3) is 0.590. The number of imide groups is 1. The minimum Gasteiger partial charge on any atom is -0.479 e. The van der Waals surface area contributed by atoms with Crippen LogP contribution in [0.5, 0.6) is 5.75 Å². The number of hydrogen-bond donors (Lipinski definition) is 9. The van der Waals surface area contributed by atoms with Crippen molar-refractivity contribution in [3.63, 3.8) is 0 Å². The number of carboxylic acid groups (broad SMARTS) is 1. The summed E-state index contributed by atoms with van der Waals surface area (Å²) in [5.41, 5.74) is 4.77. The van der Waals surface area contributed by atoms with Crippen molar-refractivity contribution < 1.29 is 77.7 Å². The number of carbonyl (C=O) groups is 8. The van der Waals surface area contributed by atoms with Gasteiger partial charge in [0, 0.05) is 38.2 Å². The Kier molecular flexibility index (Phi) is 18.5. The standard InChI is InChI=1S/C39H57BN6O16/c1-38(2,3)60-19-39(4,5)36(57)43-14-7-6-8-21(45-33(54)23(17-41)46-26(48)11-12-27(46)49)32(53)42-15-13-25(47)44-22-16-20(18-59-37(40)58)9-10-24(22)61-35-30(52)28(50)29(51)31(62-35)34(55)56/h9-12,16,21,23,28-31,35,50-52H,6-8,13-15,17-19,40-41H2,1-5H3,(H,42,53)(H,43,57)(H,44,47)(H,45,54)(H,55,56)/t21-,23?,28?,29-,30+,31?,35?/m0/s1. The van der Waals surface area contributed by atoms with Crippen LogP contribution >= 0.6 is 0 Å². The van der Waals surface area contributed by atoms with E-state index in [1.165, 1.54) is 26.0 Å². The topological polar surface area (TPSA) is 332 Å². The Morgan fingerprint density at radius 3 is 2.18 bits per heavy atom. The summed E-state index contributed by atoms with van der Waals surface area (Å²) in [6.07, 6.45) is -7.36. The van der Waals surface area contributed by atoms with Crippen molar-refractivity contribution in [3.8, 4) is 5.75 Å². The molecular weight excluding hydrogens is 819 g/mol. The number of benzene rings is 1. The maximum Gasteiger partial charge on any atom is 0.335 e. The van der Waals surface area contributed by atoms with E-state index in [4.69, 9.17) is 24.7 Å². The quantitative estimate of drug-likeness (QED) is 0.0331. The number of amides is 6. The van der Waals surface area contributed by atoms with Crippen LogP contribution in [0.25, 0.3) is 0 Å². The van der Waals surface area contributed by atoms with Gasteiger partial charge in [0.15, 0.2) is 6.10 Å². The lowest BCUT2D eigenvalue weighted by molar-refractivity contribution is -0.271. The molecule has 62 heavy (non-hydrogen) atoms. The van der Waals surface area contributed by atoms with E-state index in [0.717, 1.165) is 12.2 Å². The van der Waals surface area contributed by atoms with Gasteiger partial charge in [-0.15, -0.1) is 0 Å². The molecule has 7 atom stereocenters. The number of unbranched alkanes of at least 4 members (excludes halogenated alkanes) is 1. The summed E-state index contributed by atoms with van der Waals surface area (Å²) in [4.78, 5) is 101. The van der Waals surface area contributed by atoms with Crippen molar-refractivity contribution >= 4 is 60.8 Å². The molecule has 10 N–H and O–H groups in total. The monoisotopic (exact) mass is 876 g/mol. The predicted molar refractivity (Wildman–Crippen MR) is 218 cm³/mol. The summed E-state index contributed by atoms with van der Waals surface area (Å²) in [5, 5.41) is 50.7. The average molecular weight is 877 g/mol. The zero-order chi connectivity index (χ0) is 46.5. The molecular formula is C39H57BN6O16. The third-order valence-electron chi connectivity index (χ3n) is 9.47. The van der Waals surface area contributed by atoms with Gasteiger partial charge in [-0.25, -0.2) is 4.79 Å². The summed E-state index contributed by atoms with van der Waals surface area (Å²) in [7, 11) is 1.18. The van der Waals surface area contributed by atoms with Gasteiger partial charge in [-0.3, -0.25) is 38.5 Å². The number of ether oxygens (including phenoxy) is 4. The summed E-state index contributed by atoms with van der Waals surface area (Å²) in [6, 6.07) is 1.39. The molecule has 2 aliphatic rings. The smallest absolute Gasteiger partial charge is 0.335 e. The molecule has 2 aliphatic heterocycles. The summed E-state index contributed by atoms with van der Waals surface area (Å²) in [6.45, 7) is 8.57. The molecule has 0 aliphatic carbocycles. The number of aliphatic carboxylic acids is 1. The SMILES string of the molecule is BC(=O)OCc1ccc(OC2OC(C(=O)O)[C@@H](O)C(O)[C@H]2O)c(NC(=O)CCNC(=O)[C@H](CCCCNC(=O)C(C)(C)COC(C)(C)C)NC(=O)C(CN)N2C(=O)C=CC2=O)c1. The fourth-order valence-electron chi connectivity index (χ4n) is 5.92. The highest BCUT2D eigenvalue weighted by Gasteiger charge is 2.48. The lowest BCUT2D eigenvalue weighted by Gasteiger charge is -2.38. The molecule has 4 unspecified atom stereocenters. The van der Waals surface area contributed by atoms with Crippen LogP contribution in [0.1, 0.15) is 65.9 Å². The number of rotatable bonds is 22. The molecule has 0 saturated carbocycles. The van der Waals surface area contributed by atoms with Crippen LogP contribution in [-0.2, 0) is 54.4 Å². The van der Waals surface area contributed by atoms with Crippen molar-refractivity contribution in [3.05, 3.63) is 35.9 Å². The highest BCUT2D eigenvalue weighted by molar-refractivity contribution is 6.55. The number of nitrogens with one attached hydrogen (secondary N) is 4. The van der Waals surface area contributed by atoms with E-state index in [1.54, 1.807) is 13.8 Å². The number of nitrogens with zero attached hydrogens (tertiary/aromatic N) is 1. The first-order chi connectivity index (χ1) is 28.9. The van der Waals surface area contributed by atoms with E-state index in [2.05, 4.69) is 21.3 Å². The number of aliphatic hydroxyl groups is 3. The van der Waals surface area contributed by atoms with E-state index < -0.39 is 102 Å². The third kappa shape index (κ3) is 14.9. The fourth-order valence-corrected chi connectivity index (χ4v) is 5.92. The molecule has 23 heteroatoms. The van der Waals surface area contributed by atoms with Crippen molar-refractivity contribution in [1.82, 2.24) is 20.9 Å². The normalized spacial score (nSPS) is 21.1. The lowest BCUT2D eigenvalue weighted by atomic mass is 9.93. The van der Waals surface area contributed by atoms with E-state index in [9.17, 15) is 58.8 Å². The molecule has 0 radical (unpaired) electrons. The van der Waals surface area contributed by atoms with Gasteiger partial charge in [0.2, 0.25) is 43.6 Å². The third-order valence-corrected chi connectivity index (χ3v) is 9.47. The molecule has 0 bridgehead atoms. The van der Waals surface area contributed by atoms with Gasteiger partial charge in [-0.05, 0) is 71.6 Å². The molecule has 1 saturated heterocycles. The van der Waals surface area contributed by atoms with Gasteiger partial charge < -0.3 is 66.4 Å². The van der Waals surface area contributed by atoms with Gasteiger partial charge in [0.1, 0.15) is 42.8 Å². The van der Waals surface area contributed by atoms with Crippen LogP contribution in [0.3, 0.4) is 0 Å². The Balaban J connectivity index is 1.70. The second-order valence-corrected chi connectivity index (χ2v) is 16.3. The summed E-state index contributed by atoms with van der Waals surface area (Å²) >= 11 is 0. The Labute approximate surface area is 358 Å². The van der Waals surface area contributed by atoms with Gasteiger partial charge in [0.25, 0.3) is 11.8 Å². The summed E-state index contributed by atoms with van der Waals surface area (Å²) in [5.74, 6) is -6.52. The maximum absolute atomic E-state index is 13.5. The second kappa shape index (κ2) is 22.6. The van der Waals surface area contributed by atoms with Crippen LogP contribution in [0.2, 0.25) is 0 Å². The summed E-state index contributed by atoms with van der Waals surface area (Å²) < 4.78 is 21.6. The number of carbonyl (C=O) groups excluding carboxylic acids is 7. The minimum atomic E-state index is -1.99. The van der Waals surface area contributed by atoms with Gasteiger partial charge in [-0.1, -0.05) is 6.07 Å². The zero-order valence-electron chi connectivity index (χ0n) is 35.5. The molecule has 1 aromatic rings. The molecule has 342 valence electrons. The van der Waals surface area contributed by atoms with Crippen LogP contribution in [-0.4, -0.2) is 155 Å². The van der Waals surface area contributed by atoms with E-state index in [0.29, 0.717) is 23.3 Å². The van der Waals surface area contributed by atoms with Crippen molar-refractivity contribution in [2.75, 3.05) is 31.6 Å².